The van der Waals surface area contributed by atoms with Crippen molar-refractivity contribution in [1.29, 1.82) is 0 Å². The molecule has 18 heavy (non-hydrogen) atoms. The number of ether oxygens (including phenoxy) is 1. The third-order valence-corrected chi connectivity index (χ3v) is 3.49. The maximum atomic E-state index is 5.45. The van der Waals surface area contributed by atoms with E-state index in [4.69, 9.17) is 4.74 Å². The van der Waals surface area contributed by atoms with Gasteiger partial charge in [0.2, 0.25) is 0 Å². The van der Waals surface area contributed by atoms with Crippen molar-refractivity contribution in [2.24, 2.45) is 4.99 Å². The van der Waals surface area contributed by atoms with Crippen LogP contribution in [0.25, 0.3) is 0 Å². The second kappa shape index (κ2) is 5.50. The molecule has 4 heteroatoms. The van der Waals surface area contributed by atoms with Gasteiger partial charge in [-0.15, -0.1) is 0 Å². The highest BCUT2D eigenvalue weighted by Crippen LogP contribution is 2.23. The van der Waals surface area contributed by atoms with Gasteiger partial charge >= 0.3 is 0 Å². The molecular weight excluding hydrogens is 226 g/mol. The summed E-state index contributed by atoms with van der Waals surface area (Å²) in [6, 6.07) is 10.9. The quantitative estimate of drug-likeness (QED) is 0.865. The zero-order valence-corrected chi connectivity index (χ0v) is 10.5. The molecule has 1 fully saturated rings. The number of morpholine rings is 1. The molecule has 0 radical (unpaired) electrons. The van der Waals surface area contributed by atoms with Crippen LogP contribution in [-0.4, -0.2) is 50.1 Å². The Morgan fingerprint density at radius 3 is 2.61 bits per heavy atom. The molecule has 1 atom stereocenters. The van der Waals surface area contributed by atoms with Gasteiger partial charge in [-0.25, -0.2) is 0 Å². The van der Waals surface area contributed by atoms with Gasteiger partial charge in [0.05, 0.1) is 25.8 Å². The van der Waals surface area contributed by atoms with Crippen LogP contribution >= 0.6 is 0 Å². The lowest BCUT2D eigenvalue weighted by atomic mass is 10.0. The summed E-state index contributed by atoms with van der Waals surface area (Å²) in [5.41, 5.74) is 1.31. The lowest BCUT2D eigenvalue weighted by molar-refractivity contribution is 0.0283. The molecule has 1 aromatic carbocycles. The summed E-state index contributed by atoms with van der Waals surface area (Å²) in [6.07, 6.45) is 0. The summed E-state index contributed by atoms with van der Waals surface area (Å²) >= 11 is 0. The van der Waals surface area contributed by atoms with Crippen LogP contribution < -0.4 is 5.32 Å². The molecule has 1 unspecified atom stereocenters. The zero-order valence-electron chi connectivity index (χ0n) is 10.5. The molecule has 0 aromatic heterocycles. The van der Waals surface area contributed by atoms with E-state index in [0.717, 1.165) is 45.2 Å². The second-order valence-electron chi connectivity index (χ2n) is 4.66. The fourth-order valence-corrected chi connectivity index (χ4v) is 2.61. The van der Waals surface area contributed by atoms with E-state index >= 15 is 0 Å². The molecule has 0 amide bonds. The van der Waals surface area contributed by atoms with E-state index in [-0.39, 0.29) is 6.04 Å². The van der Waals surface area contributed by atoms with Crippen LogP contribution in [0.15, 0.2) is 35.3 Å². The van der Waals surface area contributed by atoms with E-state index in [0.29, 0.717) is 0 Å². The molecule has 1 N–H and O–H groups in total. The number of benzene rings is 1. The van der Waals surface area contributed by atoms with Crippen molar-refractivity contribution >= 4 is 5.84 Å². The van der Waals surface area contributed by atoms with Crippen LogP contribution in [0.1, 0.15) is 11.6 Å². The minimum Gasteiger partial charge on any atom is -0.379 e. The number of nitrogens with one attached hydrogen (secondary N) is 1. The third-order valence-electron chi connectivity index (χ3n) is 3.49. The molecular formula is C14H19N3O. The second-order valence-corrected chi connectivity index (χ2v) is 4.66. The molecule has 0 bridgehead atoms. The zero-order chi connectivity index (χ0) is 12.2. The SMILES string of the molecule is c1ccc(C(C2=NCCN2)N2CCOCC2)cc1. The highest BCUT2D eigenvalue weighted by molar-refractivity contribution is 5.89. The minimum absolute atomic E-state index is 0.262. The van der Waals surface area contributed by atoms with Crippen molar-refractivity contribution in [1.82, 2.24) is 10.2 Å². The first-order chi connectivity index (χ1) is 8.95. The first kappa shape index (κ1) is 11.7. The Labute approximate surface area is 108 Å². The number of nitrogens with zero attached hydrogens (tertiary/aromatic N) is 2. The molecule has 1 saturated heterocycles. The average molecular weight is 245 g/mol. The molecule has 0 spiro atoms. The van der Waals surface area contributed by atoms with Gasteiger partial charge in [-0.3, -0.25) is 9.89 Å². The standard InChI is InChI=1S/C14H19N3O/c1-2-4-12(5-3-1)13(14-15-6-7-16-14)17-8-10-18-11-9-17/h1-5,13H,6-11H2,(H,15,16). The van der Waals surface area contributed by atoms with Gasteiger partial charge in [-0.2, -0.15) is 0 Å². The number of amidine groups is 1. The topological polar surface area (TPSA) is 36.9 Å². The Bertz CT molecular complexity index is 412. The van der Waals surface area contributed by atoms with Crippen molar-refractivity contribution < 1.29 is 4.74 Å². The molecule has 2 aliphatic rings. The van der Waals surface area contributed by atoms with Crippen LogP contribution in [-0.2, 0) is 4.74 Å². The third kappa shape index (κ3) is 2.40. The van der Waals surface area contributed by atoms with Crippen LogP contribution in [0.4, 0.5) is 0 Å². The predicted octanol–water partition coefficient (Wildman–Crippen LogP) is 1.06. The van der Waals surface area contributed by atoms with Crippen LogP contribution in [0, 0.1) is 0 Å². The number of hydrogen-bond donors (Lipinski definition) is 1. The predicted molar refractivity (Wildman–Crippen MR) is 71.9 cm³/mol. The Morgan fingerprint density at radius 2 is 1.94 bits per heavy atom. The van der Waals surface area contributed by atoms with E-state index in [1.165, 1.54) is 5.56 Å². The maximum Gasteiger partial charge on any atom is 0.119 e. The summed E-state index contributed by atoms with van der Waals surface area (Å²) in [4.78, 5) is 7.07. The van der Waals surface area contributed by atoms with Crippen LogP contribution in [0.5, 0.6) is 0 Å². The largest absolute Gasteiger partial charge is 0.379 e. The summed E-state index contributed by atoms with van der Waals surface area (Å²) in [5, 5.41) is 3.42. The van der Waals surface area contributed by atoms with E-state index in [1.54, 1.807) is 0 Å². The molecule has 4 nitrogen and oxygen atoms in total. The number of hydrogen-bond acceptors (Lipinski definition) is 4. The van der Waals surface area contributed by atoms with E-state index in [1.807, 2.05) is 0 Å². The molecule has 3 rings (SSSR count). The summed E-state index contributed by atoms with van der Waals surface area (Å²) in [5.74, 6) is 1.11. The molecule has 2 heterocycles. The highest BCUT2D eigenvalue weighted by Gasteiger charge is 2.28. The lowest BCUT2D eigenvalue weighted by Crippen LogP contribution is -2.44. The van der Waals surface area contributed by atoms with E-state index < -0.39 is 0 Å². The first-order valence-electron chi connectivity index (χ1n) is 6.60. The Balaban J connectivity index is 1.87. The molecule has 1 aromatic rings. The number of aliphatic imine (C=N–C) groups is 1. The van der Waals surface area contributed by atoms with Crippen molar-refractivity contribution in [2.75, 3.05) is 39.4 Å². The highest BCUT2D eigenvalue weighted by atomic mass is 16.5. The smallest absolute Gasteiger partial charge is 0.119 e. The van der Waals surface area contributed by atoms with Gasteiger partial charge < -0.3 is 10.1 Å². The first-order valence-corrected chi connectivity index (χ1v) is 6.60. The van der Waals surface area contributed by atoms with Crippen LogP contribution in [0.2, 0.25) is 0 Å². The van der Waals surface area contributed by atoms with Crippen molar-refractivity contribution in [3.63, 3.8) is 0 Å². The normalized spacial score (nSPS) is 22.3. The van der Waals surface area contributed by atoms with Crippen molar-refractivity contribution in [3.8, 4) is 0 Å². The van der Waals surface area contributed by atoms with Crippen molar-refractivity contribution in [3.05, 3.63) is 35.9 Å². The fraction of sp³-hybridized carbons (Fsp3) is 0.500. The fourth-order valence-electron chi connectivity index (χ4n) is 2.61. The molecule has 2 aliphatic heterocycles. The van der Waals surface area contributed by atoms with Gasteiger partial charge in [-0.05, 0) is 5.56 Å². The van der Waals surface area contributed by atoms with E-state index in [9.17, 15) is 0 Å². The van der Waals surface area contributed by atoms with E-state index in [2.05, 4.69) is 45.5 Å². The number of rotatable bonds is 3. The lowest BCUT2D eigenvalue weighted by Gasteiger charge is -2.34. The summed E-state index contributed by atoms with van der Waals surface area (Å²) in [7, 11) is 0. The van der Waals surface area contributed by atoms with Gasteiger partial charge in [0.25, 0.3) is 0 Å². The molecule has 0 saturated carbocycles. The average Bonchev–Trinajstić information content (AvgIpc) is 2.95. The summed E-state index contributed by atoms with van der Waals surface area (Å²) in [6.45, 7) is 5.43. The van der Waals surface area contributed by atoms with Gasteiger partial charge in [-0.1, -0.05) is 30.3 Å². The van der Waals surface area contributed by atoms with Gasteiger partial charge in [0.1, 0.15) is 5.84 Å². The van der Waals surface area contributed by atoms with Gasteiger partial charge in [0.15, 0.2) is 0 Å². The monoisotopic (exact) mass is 245 g/mol. The van der Waals surface area contributed by atoms with Gasteiger partial charge in [0, 0.05) is 19.6 Å². The van der Waals surface area contributed by atoms with Crippen molar-refractivity contribution in [2.45, 2.75) is 6.04 Å². The van der Waals surface area contributed by atoms with Crippen LogP contribution in [0.3, 0.4) is 0 Å². The minimum atomic E-state index is 0.262. The molecule has 96 valence electrons. The summed E-state index contributed by atoms with van der Waals surface area (Å²) < 4.78 is 5.45. The Morgan fingerprint density at radius 1 is 1.17 bits per heavy atom. The maximum absolute atomic E-state index is 5.45. The Kier molecular flexibility index (Phi) is 3.57. The Hall–Kier alpha value is -1.39. The molecule has 0 aliphatic carbocycles.